The molecule has 2 N–H and O–H groups in total. The van der Waals surface area contributed by atoms with E-state index in [1.54, 1.807) is 17.1 Å². The highest BCUT2D eigenvalue weighted by molar-refractivity contribution is 5.92. The molecule has 3 aromatic rings. The van der Waals surface area contributed by atoms with Gasteiger partial charge in [-0.05, 0) is 23.1 Å². The predicted octanol–water partition coefficient (Wildman–Crippen LogP) is 2.77. The van der Waals surface area contributed by atoms with Crippen LogP contribution >= 0.6 is 0 Å². The number of rotatable bonds is 3. The lowest BCUT2D eigenvalue weighted by Gasteiger charge is -2.36. The second kappa shape index (κ2) is 7.46. The maximum absolute atomic E-state index is 12.9. The molecule has 0 bridgehead atoms. The third-order valence-corrected chi connectivity index (χ3v) is 6.21. The van der Waals surface area contributed by atoms with Gasteiger partial charge in [0.1, 0.15) is 5.69 Å². The molecule has 2 aliphatic heterocycles. The Labute approximate surface area is 170 Å². The number of hydrogen-bond donors (Lipinski definition) is 2. The number of aryl methyl sites for hydroxylation is 1. The fourth-order valence-corrected chi connectivity index (χ4v) is 4.56. The Balaban J connectivity index is 1.34. The molecule has 29 heavy (non-hydrogen) atoms. The average molecular weight is 387 g/mol. The van der Waals surface area contributed by atoms with E-state index in [1.165, 1.54) is 16.7 Å². The van der Waals surface area contributed by atoms with E-state index in [0.29, 0.717) is 17.7 Å². The van der Waals surface area contributed by atoms with Gasteiger partial charge >= 0.3 is 0 Å². The van der Waals surface area contributed by atoms with Crippen molar-refractivity contribution in [2.24, 2.45) is 13.0 Å². The number of likely N-dealkylation sites (tertiary alicyclic amines) is 1. The highest BCUT2D eigenvalue weighted by Gasteiger charge is 2.41. The summed E-state index contributed by atoms with van der Waals surface area (Å²) in [6.07, 6.45) is 4.27. The lowest BCUT2D eigenvalue weighted by atomic mass is 9.84. The highest BCUT2D eigenvalue weighted by Crippen LogP contribution is 2.35. The van der Waals surface area contributed by atoms with Crippen molar-refractivity contribution in [2.45, 2.75) is 18.5 Å². The van der Waals surface area contributed by atoms with Crippen LogP contribution in [0.1, 0.15) is 28.5 Å². The molecule has 0 aliphatic carbocycles. The number of carbonyl (C=O) groups is 1. The number of hydrogen-bond acceptors (Lipinski definition) is 4. The van der Waals surface area contributed by atoms with Crippen molar-refractivity contribution in [1.82, 2.24) is 25.3 Å². The Hall–Kier alpha value is -2.96. The quantitative estimate of drug-likeness (QED) is 0.726. The second-order valence-electron chi connectivity index (χ2n) is 7.95. The zero-order chi connectivity index (χ0) is 19.8. The molecule has 0 saturated carbocycles. The number of benzene rings is 2. The van der Waals surface area contributed by atoms with Crippen LogP contribution in [0.2, 0.25) is 0 Å². The third kappa shape index (κ3) is 3.34. The van der Waals surface area contributed by atoms with Crippen LogP contribution in [0.5, 0.6) is 0 Å². The van der Waals surface area contributed by atoms with Crippen molar-refractivity contribution in [2.75, 3.05) is 13.1 Å². The van der Waals surface area contributed by atoms with Crippen LogP contribution in [-0.2, 0) is 7.05 Å². The number of aromatic nitrogens is 2. The third-order valence-electron chi connectivity index (χ3n) is 6.21. The molecule has 0 radical (unpaired) electrons. The SMILES string of the molecule is Cn1cncc1C(=O)N1CCC2NNC(c3ccc(-c4ccccc4)cc3)C2C1. The monoisotopic (exact) mass is 387 g/mol. The van der Waals surface area contributed by atoms with E-state index < -0.39 is 0 Å². The number of hydrazine groups is 1. The zero-order valence-electron chi connectivity index (χ0n) is 16.5. The van der Waals surface area contributed by atoms with E-state index in [-0.39, 0.29) is 11.9 Å². The Morgan fingerprint density at radius 3 is 2.52 bits per heavy atom. The number of amides is 1. The van der Waals surface area contributed by atoms with Crippen molar-refractivity contribution >= 4 is 5.91 Å². The Morgan fingerprint density at radius 1 is 1.03 bits per heavy atom. The van der Waals surface area contributed by atoms with Crippen LogP contribution in [0, 0.1) is 5.92 Å². The molecular weight excluding hydrogens is 362 g/mol. The molecule has 148 valence electrons. The second-order valence-corrected chi connectivity index (χ2v) is 7.95. The van der Waals surface area contributed by atoms with E-state index in [2.05, 4.69) is 64.4 Å². The van der Waals surface area contributed by atoms with Gasteiger partial charge in [-0.25, -0.2) is 10.4 Å². The molecule has 5 rings (SSSR count). The van der Waals surface area contributed by atoms with E-state index in [4.69, 9.17) is 0 Å². The summed E-state index contributed by atoms with van der Waals surface area (Å²) in [5.74, 6) is 0.400. The first-order valence-electron chi connectivity index (χ1n) is 10.1. The van der Waals surface area contributed by atoms with Gasteiger partial charge in [-0.15, -0.1) is 0 Å². The van der Waals surface area contributed by atoms with E-state index in [1.807, 2.05) is 18.0 Å². The molecule has 6 heteroatoms. The van der Waals surface area contributed by atoms with Crippen LogP contribution < -0.4 is 10.9 Å². The van der Waals surface area contributed by atoms with Crippen molar-refractivity contribution in [3.8, 4) is 11.1 Å². The fraction of sp³-hybridized carbons (Fsp3) is 0.304. The summed E-state index contributed by atoms with van der Waals surface area (Å²) in [5.41, 5.74) is 11.3. The first-order valence-corrected chi connectivity index (χ1v) is 10.1. The summed E-state index contributed by atoms with van der Waals surface area (Å²) in [5, 5.41) is 0. The van der Waals surface area contributed by atoms with Crippen LogP contribution in [-0.4, -0.2) is 39.5 Å². The molecule has 3 unspecified atom stereocenters. The van der Waals surface area contributed by atoms with Gasteiger partial charge in [0.15, 0.2) is 0 Å². The number of nitrogens with zero attached hydrogens (tertiary/aromatic N) is 3. The number of carbonyl (C=O) groups excluding carboxylic acids is 1. The lowest BCUT2D eigenvalue weighted by molar-refractivity contribution is 0.0643. The maximum Gasteiger partial charge on any atom is 0.272 e. The van der Waals surface area contributed by atoms with Crippen LogP contribution in [0.15, 0.2) is 67.1 Å². The maximum atomic E-state index is 12.9. The molecule has 3 heterocycles. The summed E-state index contributed by atoms with van der Waals surface area (Å²) < 4.78 is 1.79. The number of piperidine rings is 1. The van der Waals surface area contributed by atoms with Gasteiger partial charge in [-0.3, -0.25) is 10.2 Å². The molecule has 2 aliphatic rings. The van der Waals surface area contributed by atoms with Crippen molar-refractivity contribution < 1.29 is 4.79 Å². The molecule has 3 atom stereocenters. The van der Waals surface area contributed by atoms with E-state index in [0.717, 1.165) is 19.5 Å². The normalized spacial score (nSPS) is 23.8. The van der Waals surface area contributed by atoms with Gasteiger partial charge < -0.3 is 9.47 Å². The van der Waals surface area contributed by atoms with E-state index >= 15 is 0 Å². The Morgan fingerprint density at radius 2 is 1.79 bits per heavy atom. The standard InChI is InChI=1S/C23H25N5O/c1-27-15-24-13-21(27)23(29)28-12-11-20-19(14-28)22(26-25-20)18-9-7-17(8-10-18)16-5-3-2-4-6-16/h2-10,13,15,19-20,22,25-26H,11-12,14H2,1H3. The number of imidazole rings is 1. The van der Waals surface area contributed by atoms with Gasteiger partial charge in [0.05, 0.1) is 18.6 Å². The summed E-state index contributed by atoms with van der Waals surface area (Å²) in [6.45, 7) is 1.50. The fourth-order valence-electron chi connectivity index (χ4n) is 4.56. The zero-order valence-corrected chi connectivity index (χ0v) is 16.5. The average Bonchev–Trinajstić information content (AvgIpc) is 3.39. The molecule has 1 amide bonds. The van der Waals surface area contributed by atoms with Gasteiger partial charge in [0.2, 0.25) is 0 Å². The molecule has 0 spiro atoms. The lowest BCUT2D eigenvalue weighted by Crippen LogP contribution is -2.48. The first-order chi connectivity index (χ1) is 14.2. The summed E-state index contributed by atoms with van der Waals surface area (Å²) in [7, 11) is 1.86. The molecule has 2 aromatic carbocycles. The van der Waals surface area contributed by atoms with Crippen LogP contribution in [0.25, 0.3) is 11.1 Å². The van der Waals surface area contributed by atoms with Crippen molar-refractivity contribution in [3.63, 3.8) is 0 Å². The predicted molar refractivity (Wildman–Crippen MR) is 112 cm³/mol. The minimum Gasteiger partial charge on any atom is -0.337 e. The van der Waals surface area contributed by atoms with Crippen molar-refractivity contribution in [3.05, 3.63) is 78.4 Å². The Bertz CT molecular complexity index is 998. The topological polar surface area (TPSA) is 62.2 Å². The summed E-state index contributed by atoms with van der Waals surface area (Å²) >= 11 is 0. The van der Waals surface area contributed by atoms with Crippen LogP contribution in [0.4, 0.5) is 0 Å². The minimum absolute atomic E-state index is 0.0634. The van der Waals surface area contributed by atoms with Crippen molar-refractivity contribution in [1.29, 1.82) is 0 Å². The van der Waals surface area contributed by atoms with Gasteiger partial charge in [-0.1, -0.05) is 54.6 Å². The highest BCUT2D eigenvalue weighted by atomic mass is 16.2. The molecule has 6 nitrogen and oxygen atoms in total. The van der Waals surface area contributed by atoms with Gasteiger partial charge in [0, 0.05) is 32.1 Å². The first kappa shape index (κ1) is 18.1. The van der Waals surface area contributed by atoms with Crippen LogP contribution in [0.3, 0.4) is 0 Å². The summed E-state index contributed by atoms with van der Waals surface area (Å²) in [6, 6.07) is 19.7. The molecule has 1 aromatic heterocycles. The summed E-state index contributed by atoms with van der Waals surface area (Å²) in [4.78, 5) is 19.0. The largest absolute Gasteiger partial charge is 0.337 e. The molecule has 2 fully saturated rings. The van der Waals surface area contributed by atoms with Gasteiger partial charge in [0.25, 0.3) is 5.91 Å². The van der Waals surface area contributed by atoms with E-state index in [9.17, 15) is 4.79 Å². The molecular formula is C23H25N5O. The smallest absolute Gasteiger partial charge is 0.272 e. The number of fused-ring (bicyclic) bond motifs is 1. The Kier molecular flexibility index (Phi) is 4.66. The molecule has 2 saturated heterocycles. The number of nitrogens with one attached hydrogen (secondary N) is 2. The van der Waals surface area contributed by atoms with Gasteiger partial charge in [-0.2, -0.15) is 0 Å². The minimum atomic E-state index is 0.0634.